The standard InChI is InChI=1S/C17H24N4O2S/c1-2-21-14-17(12-18-21)24(22,23)19-16-8-10-20(11-9-16)13-15-6-4-3-5-7-15/h3-7,12,14,16,19H,2,8-11,13H2,1H3. The van der Waals surface area contributed by atoms with E-state index < -0.39 is 10.0 Å². The first-order chi connectivity index (χ1) is 11.6. The van der Waals surface area contributed by atoms with Crippen molar-refractivity contribution in [2.75, 3.05) is 13.1 Å². The van der Waals surface area contributed by atoms with Crippen molar-refractivity contribution in [3.05, 3.63) is 48.3 Å². The van der Waals surface area contributed by atoms with Crippen LogP contribution in [-0.2, 0) is 23.1 Å². The second-order valence-corrected chi connectivity index (χ2v) is 7.90. The molecule has 0 amide bonds. The average molecular weight is 348 g/mol. The number of hydrogen-bond acceptors (Lipinski definition) is 4. The van der Waals surface area contributed by atoms with Crippen molar-refractivity contribution in [3.63, 3.8) is 0 Å². The molecule has 0 unspecified atom stereocenters. The first-order valence-corrected chi connectivity index (χ1v) is 9.86. The van der Waals surface area contributed by atoms with Crippen LogP contribution >= 0.6 is 0 Å². The molecule has 0 aliphatic carbocycles. The molecule has 1 aromatic carbocycles. The first kappa shape index (κ1) is 17.1. The van der Waals surface area contributed by atoms with Crippen molar-refractivity contribution in [3.8, 4) is 0 Å². The predicted octanol–water partition coefficient (Wildman–Crippen LogP) is 1.85. The molecule has 2 heterocycles. The summed E-state index contributed by atoms with van der Waals surface area (Å²) >= 11 is 0. The largest absolute Gasteiger partial charge is 0.299 e. The summed E-state index contributed by atoms with van der Waals surface area (Å²) in [6.07, 6.45) is 4.64. The quantitative estimate of drug-likeness (QED) is 0.865. The summed E-state index contributed by atoms with van der Waals surface area (Å²) in [5.74, 6) is 0. The second-order valence-electron chi connectivity index (χ2n) is 6.19. The van der Waals surface area contributed by atoms with Crippen molar-refractivity contribution in [2.24, 2.45) is 0 Å². The molecule has 3 rings (SSSR count). The summed E-state index contributed by atoms with van der Waals surface area (Å²) in [5.41, 5.74) is 1.29. The zero-order valence-corrected chi connectivity index (χ0v) is 14.7. The fourth-order valence-corrected chi connectivity index (χ4v) is 4.25. The number of aryl methyl sites for hydroxylation is 1. The Hall–Kier alpha value is -1.70. The van der Waals surface area contributed by atoms with Crippen LogP contribution in [0.2, 0.25) is 0 Å². The maximum absolute atomic E-state index is 12.4. The van der Waals surface area contributed by atoms with E-state index in [1.165, 1.54) is 11.8 Å². The molecule has 1 N–H and O–H groups in total. The van der Waals surface area contributed by atoms with Gasteiger partial charge in [-0.25, -0.2) is 13.1 Å². The number of hydrogen-bond donors (Lipinski definition) is 1. The Morgan fingerprint density at radius 1 is 1.21 bits per heavy atom. The minimum absolute atomic E-state index is 0.00741. The predicted molar refractivity (Wildman–Crippen MR) is 93.0 cm³/mol. The van der Waals surface area contributed by atoms with Crippen LogP contribution < -0.4 is 4.72 Å². The average Bonchev–Trinajstić information content (AvgIpc) is 3.08. The van der Waals surface area contributed by atoms with E-state index in [0.717, 1.165) is 32.5 Å². The highest BCUT2D eigenvalue weighted by Gasteiger charge is 2.25. The highest BCUT2D eigenvalue weighted by atomic mass is 32.2. The Balaban J connectivity index is 1.53. The highest BCUT2D eigenvalue weighted by Crippen LogP contribution is 2.16. The fraction of sp³-hybridized carbons (Fsp3) is 0.471. The van der Waals surface area contributed by atoms with Gasteiger partial charge in [0.2, 0.25) is 10.0 Å². The normalized spacial score (nSPS) is 17.2. The zero-order chi connectivity index (χ0) is 17.0. The maximum atomic E-state index is 12.4. The Bertz CT molecular complexity index is 750. The molecule has 1 fully saturated rings. The van der Waals surface area contributed by atoms with Gasteiger partial charge in [-0.2, -0.15) is 5.10 Å². The van der Waals surface area contributed by atoms with Crippen LogP contribution in [0.4, 0.5) is 0 Å². The molecule has 2 aromatic rings. The number of piperidine rings is 1. The fourth-order valence-electron chi connectivity index (χ4n) is 2.99. The molecular formula is C17H24N4O2S. The summed E-state index contributed by atoms with van der Waals surface area (Å²) < 4.78 is 29.3. The van der Waals surface area contributed by atoms with E-state index in [4.69, 9.17) is 0 Å². The van der Waals surface area contributed by atoms with E-state index in [1.807, 2.05) is 25.1 Å². The van der Waals surface area contributed by atoms with E-state index in [0.29, 0.717) is 6.54 Å². The third kappa shape index (κ3) is 4.23. The number of sulfonamides is 1. The number of nitrogens with one attached hydrogen (secondary N) is 1. The molecule has 24 heavy (non-hydrogen) atoms. The topological polar surface area (TPSA) is 67.2 Å². The van der Waals surface area contributed by atoms with E-state index in [9.17, 15) is 8.42 Å². The minimum atomic E-state index is -3.48. The number of aromatic nitrogens is 2. The Morgan fingerprint density at radius 3 is 2.54 bits per heavy atom. The maximum Gasteiger partial charge on any atom is 0.243 e. The molecular weight excluding hydrogens is 324 g/mol. The lowest BCUT2D eigenvalue weighted by Crippen LogP contribution is -2.44. The Labute approximate surface area is 143 Å². The van der Waals surface area contributed by atoms with Gasteiger partial charge in [0, 0.05) is 38.4 Å². The van der Waals surface area contributed by atoms with Crippen molar-refractivity contribution in [2.45, 2.75) is 43.8 Å². The van der Waals surface area contributed by atoms with Gasteiger partial charge in [-0.05, 0) is 25.3 Å². The van der Waals surface area contributed by atoms with Crippen molar-refractivity contribution < 1.29 is 8.42 Å². The molecule has 0 radical (unpaired) electrons. The first-order valence-electron chi connectivity index (χ1n) is 8.38. The van der Waals surface area contributed by atoms with Crippen LogP contribution in [0, 0.1) is 0 Å². The Morgan fingerprint density at radius 2 is 1.92 bits per heavy atom. The van der Waals surface area contributed by atoms with Gasteiger partial charge in [-0.15, -0.1) is 0 Å². The van der Waals surface area contributed by atoms with Gasteiger partial charge in [-0.1, -0.05) is 30.3 Å². The third-order valence-corrected chi connectivity index (χ3v) is 5.88. The molecule has 7 heteroatoms. The van der Waals surface area contributed by atoms with Crippen LogP contribution in [0.1, 0.15) is 25.3 Å². The summed E-state index contributed by atoms with van der Waals surface area (Å²) in [7, 11) is -3.48. The third-order valence-electron chi connectivity index (χ3n) is 4.40. The second kappa shape index (κ2) is 7.46. The van der Waals surface area contributed by atoms with E-state index in [2.05, 4.69) is 26.9 Å². The lowest BCUT2D eigenvalue weighted by atomic mass is 10.1. The number of nitrogens with zero attached hydrogens (tertiary/aromatic N) is 3. The van der Waals surface area contributed by atoms with Crippen molar-refractivity contribution in [1.29, 1.82) is 0 Å². The van der Waals surface area contributed by atoms with Crippen molar-refractivity contribution in [1.82, 2.24) is 19.4 Å². The summed E-state index contributed by atoms with van der Waals surface area (Å²) in [6.45, 7) is 5.31. The lowest BCUT2D eigenvalue weighted by molar-refractivity contribution is 0.200. The smallest absolute Gasteiger partial charge is 0.243 e. The van der Waals surface area contributed by atoms with Crippen LogP contribution in [0.3, 0.4) is 0 Å². The van der Waals surface area contributed by atoms with Gasteiger partial charge in [0.1, 0.15) is 4.90 Å². The van der Waals surface area contributed by atoms with Gasteiger partial charge in [0.05, 0.1) is 6.20 Å². The van der Waals surface area contributed by atoms with Gasteiger partial charge in [-0.3, -0.25) is 9.58 Å². The zero-order valence-electron chi connectivity index (χ0n) is 13.9. The molecule has 1 aliphatic heterocycles. The van der Waals surface area contributed by atoms with Gasteiger partial charge < -0.3 is 0 Å². The molecule has 1 aromatic heterocycles. The monoisotopic (exact) mass is 348 g/mol. The van der Waals surface area contributed by atoms with E-state index >= 15 is 0 Å². The molecule has 0 atom stereocenters. The summed E-state index contributed by atoms with van der Waals surface area (Å²) in [5, 5.41) is 4.04. The lowest BCUT2D eigenvalue weighted by Gasteiger charge is -2.32. The van der Waals surface area contributed by atoms with Crippen LogP contribution in [0.5, 0.6) is 0 Å². The number of benzene rings is 1. The molecule has 0 saturated carbocycles. The Kier molecular flexibility index (Phi) is 5.33. The van der Waals surface area contributed by atoms with Gasteiger partial charge >= 0.3 is 0 Å². The van der Waals surface area contributed by atoms with Crippen molar-refractivity contribution >= 4 is 10.0 Å². The van der Waals surface area contributed by atoms with Gasteiger partial charge in [0.15, 0.2) is 0 Å². The molecule has 0 spiro atoms. The van der Waals surface area contributed by atoms with E-state index in [-0.39, 0.29) is 10.9 Å². The van der Waals surface area contributed by atoms with Crippen LogP contribution in [0.25, 0.3) is 0 Å². The van der Waals surface area contributed by atoms with Crippen LogP contribution in [-0.4, -0.2) is 42.2 Å². The molecule has 0 bridgehead atoms. The molecule has 130 valence electrons. The van der Waals surface area contributed by atoms with Gasteiger partial charge in [0.25, 0.3) is 0 Å². The number of likely N-dealkylation sites (tertiary alicyclic amines) is 1. The molecule has 1 aliphatic rings. The summed E-state index contributed by atoms with van der Waals surface area (Å²) in [6, 6.07) is 10.4. The minimum Gasteiger partial charge on any atom is -0.299 e. The van der Waals surface area contributed by atoms with Crippen LogP contribution in [0.15, 0.2) is 47.6 Å². The summed E-state index contributed by atoms with van der Waals surface area (Å²) in [4.78, 5) is 2.62. The molecule has 1 saturated heterocycles. The molecule has 6 nitrogen and oxygen atoms in total. The number of rotatable bonds is 6. The van der Waals surface area contributed by atoms with E-state index in [1.54, 1.807) is 10.9 Å². The highest BCUT2D eigenvalue weighted by molar-refractivity contribution is 7.89. The SMILES string of the molecule is CCn1cc(S(=O)(=O)NC2CCN(Cc3ccccc3)CC2)cn1.